The van der Waals surface area contributed by atoms with E-state index in [1.807, 2.05) is 31.2 Å². The van der Waals surface area contributed by atoms with Gasteiger partial charge in [-0.05, 0) is 67.1 Å². The van der Waals surface area contributed by atoms with E-state index in [2.05, 4.69) is 31.3 Å². The predicted octanol–water partition coefficient (Wildman–Crippen LogP) is 5.96. The van der Waals surface area contributed by atoms with E-state index in [4.69, 9.17) is 16.3 Å². The van der Waals surface area contributed by atoms with Crippen molar-refractivity contribution in [2.75, 3.05) is 11.9 Å². The van der Waals surface area contributed by atoms with Crippen molar-refractivity contribution in [2.45, 2.75) is 46.0 Å². The Hall–Kier alpha value is -2.00. The Kier molecular flexibility index (Phi) is 7.32. The third kappa shape index (κ3) is 6.09. The van der Waals surface area contributed by atoms with Crippen LogP contribution in [0.15, 0.2) is 42.5 Å². The summed E-state index contributed by atoms with van der Waals surface area (Å²) >= 11 is 5.92. The van der Waals surface area contributed by atoms with Crippen molar-refractivity contribution in [3.8, 4) is 5.75 Å². The van der Waals surface area contributed by atoms with Crippen molar-refractivity contribution >= 4 is 23.2 Å². The summed E-state index contributed by atoms with van der Waals surface area (Å²) in [4.78, 5) is 12.0. The number of amides is 1. The molecule has 2 aromatic rings. The summed E-state index contributed by atoms with van der Waals surface area (Å²) in [5.74, 6) is 1.36. The average Bonchev–Trinajstić information content (AvgIpc) is 2.60. The summed E-state index contributed by atoms with van der Waals surface area (Å²) in [6, 6.07) is 13.6. The third-order valence-corrected chi connectivity index (χ3v) is 4.55. The van der Waals surface area contributed by atoms with E-state index in [-0.39, 0.29) is 5.91 Å². The van der Waals surface area contributed by atoms with Crippen molar-refractivity contribution in [1.29, 1.82) is 0 Å². The zero-order chi connectivity index (χ0) is 18.2. The van der Waals surface area contributed by atoms with Gasteiger partial charge in [-0.25, -0.2) is 0 Å². The van der Waals surface area contributed by atoms with Crippen LogP contribution >= 0.6 is 11.6 Å². The Balaban J connectivity index is 1.73. The quantitative estimate of drug-likeness (QED) is 0.590. The van der Waals surface area contributed by atoms with Gasteiger partial charge in [0.2, 0.25) is 5.91 Å². The summed E-state index contributed by atoms with van der Waals surface area (Å²) in [5, 5.41) is 3.63. The van der Waals surface area contributed by atoms with Crippen LogP contribution in [0.2, 0.25) is 5.02 Å². The maximum absolute atomic E-state index is 12.0. The van der Waals surface area contributed by atoms with Gasteiger partial charge >= 0.3 is 0 Å². The molecule has 25 heavy (non-hydrogen) atoms. The minimum absolute atomic E-state index is 0.00715. The molecule has 0 bridgehead atoms. The molecular weight excluding hydrogens is 334 g/mol. The molecule has 2 aromatic carbocycles. The number of anilines is 1. The van der Waals surface area contributed by atoms with E-state index in [1.54, 1.807) is 6.07 Å². The van der Waals surface area contributed by atoms with Crippen LogP contribution in [0, 0.1) is 6.92 Å². The van der Waals surface area contributed by atoms with E-state index in [0.29, 0.717) is 30.4 Å². The van der Waals surface area contributed by atoms with Crippen molar-refractivity contribution < 1.29 is 9.53 Å². The van der Waals surface area contributed by atoms with E-state index < -0.39 is 0 Å². The van der Waals surface area contributed by atoms with Crippen molar-refractivity contribution in [3.63, 3.8) is 0 Å². The minimum Gasteiger partial charge on any atom is -0.493 e. The summed E-state index contributed by atoms with van der Waals surface area (Å²) < 4.78 is 5.71. The molecule has 3 nitrogen and oxygen atoms in total. The lowest BCUT2D eigenvalue weighted by atomic mass is 9.99. The Morgan fingerprint density at radius 1 is 1.20 bits per heavy atom. The van der Waals surface area contributed by atoms with Crippen LogP contribution in [-0.2, 0) is 4.79 Å². The molecule has 0 aliphatic heterocycles. The number of halogens is 1. The van der Waals surface area contributed by atoms with Gasteiger partial charge in [0.25, 0.3) is 0 Å². The molecule has 0 aliphatic rings. The molecule has 0 fully saturated rings. The average molecular weight is 360 g/mol. The first-order chi connectivity index (χ1) is 12.0. The summed E-state index contributed by atoms with van der Waals surface area (Å²) in [6.45, 7) is 6.84. The lowest BCUT2D eigenvalue weighted by molar-refractivity contribution is -0.116. The number of carbonyl (C=O) groups excluding carboxylic acids is 1. The van der Waals surface area contributed by atoms with E-state index in [9.17, 15) is 4.79 Å². The number of rotatable bonds is 8. The Morgan fingerprint density at radius 3 is 2.56 bits per heavy atom. The second-order valence-electron chi connectivity index (χ2n) is 6.34. The van der Waals surface area contributed by atoms with Gasteiger partial charge in [-0.15, -0.1) is 0 Å². The molecule has 0 unspecified atom stereocenters. The largest absolute Gasteiger partial charge is 0.493 e. The molecule has 1 amide bonds. The van der Waals surface area contributed by atoms with Crippen molar-refractivity contribution in [1.82, 2.24) is 0 Å². The Bertz CT molecular complexity index is 698. The Labute approximate surface area is 155 Å². The molecule has 134 valence electrons. The summed E-state index contributed by atoms with van der Waals surface area (Å²) in [5.41, 5.74) is 3.14. The summed E-state index contributed by atoms with van der Waals surface area (Å²) in [6.07, 6.45) is 2.21. The van der Waals surface area contributed by atoms with Crippen LogP contribution in [0.4, 0.5) is 5.69 Å². The van der Waals surface area contributed by atoms with Crippen LogP contribution in [-0.4, -0.2) is 12.5 Å². The number of benzene rings is 2. The standard InChI is InChI=1S/C21H26ClNO2/c1-4-15(2)17-7-10-19(11-8-17)23-21(24)6-5-13-25-20-12-9-18(22)14-16(20)3/h7-12,14-15H,4-6,13H2,1-3H3,(H,23,24)/t15-/m1/s1. The van der Waals surface area contributed by atoms with Gasteiger partial charge in [0, 0.05) is 17.1 Å². The van der Waals surface area contributed by atoms with Crippen LogP contribution in [0.1, 0.15) is 50.2 Å². The molecule has 0 saturated heterocycles. The predicted molar refractivity (Wildman–Crippen MR) is 105 cm³/mol. The number of nitrogens with one attached hydrogen (secondary N) is 1. The van der Waals surface area contributed by atoms with Gasteiger partial charge in [0.15, 0.2) is 0 Å². The lowest BCUT2D eigenvalue weighted by Crippen LogP contribution is -2.13. The van der Waals surface area contributed by atoms with Crippen LogP contribution in [0.25, 0.3) is 0 Å². The molecule has 0 heterocycles. The van der Waals surface area contributed by atoms with Gasteiger partial charge in [-0.1, -0.05) is 37.6 Å². The van der Waals surface area contributed by atoms with E-state index in [1.165, 1.54) is 5.56 Å². The van der Waals surface area contributed by atoms with Gasteiger partial charge in [-0.3, -0.25) is 4.79 Å². The van der Waals surface area contributed by atoms with E-state index in [0.717, 1.165) is 23.4 Å². The zero-order valence-corrected chi connectivity index (χ0v) is 15.9. The molecule has 1 N–H and O–H groups in total. The number of ether oxygens (including phenoxy) is 1. The zero-order valence-electron chi connectivity index (χ0n) is 15.1. The monoisotopic (exact) mass is 359 g/mol. The number of hydrogen-bond acceptors (Lipinski definition) is 2. The van der Waals surface area contributed by atoms with Crippen LogP contribution in [0.5, 0.6) is 5.75 Å². The van der Waals surface area contributed by atoms with Crippen LogP contribution in [0.3, 0.4) is 0 Å². The first-order valence-corrected chi connectivity index (χ1v) is 9.16. The summed E-state index contributed by atoms with van der Waals surface area (Å²) in [7, 11) is 0. The van der Waals surface area contributed by atoms with Gasteiger partial charge in [0.05, 0.1) is 6.61 Å². The molecule has 0 saturated carbocycles. The van der Waals surface area contributed by atoms with Gasteiger partial charge < -0.3 is 10.1 Å². The normalized spacial score (nSPS) is 11.8. The molecule has 4 heteroatoms. The maximum Gasteiger partial charge on any atom is 0.224 e. The number of carbonyl (C=O) groups is 1. The topological polar surface area (TPSA) is 38.3 Å². The highest BCUT2D eigenvalue weighted by Crippen LogP contribution is 2.22. The van der Waals surface area contributed by atoms with Crippen molar-refractivity contribution in [3.05, 3.63) is 58.6 Å². The fourth-order valence-corrected chi connectivity index (χ4v) is 2.77. The Morgan fingerprint density at radius 2 is 1.92 bits per heavy atom. The highest BCUT2D eigenvalue weighted by Gasteiger charge is 2.06. The number of hydrogen-bond donors (Lipinski definition) is 1. The molecule has 0 aromatic heterocycles. The second kappa shape index (κ2) is 9.47. The first kappa shape index (κ1) is 19.3. The minimum atomic E-state index is 0.00715. The fourth-order valence-electron chi connectivity index (χ4n) is 2.54. The highest BCUT2D eigenvalue weighted by molar-refractivity contribution is 6.30. The van der Waals surface area contributed by atoms with Crippen LogP contribution < -0.4 is 10.1 Å². The smallest absolute Gasteiger partial charge is 0.224 e. The van der Waals surface area contributed by atoms with E-state index >= 15 is 0 Å². The molecule has 0 spiro atoms. The number of aryl methyl sites for hydroxylation is 1. The maximum atomic E-state index is 12.0. The lowest BCUT2D eigenvalue weighted by Gasteiger charge is -2.11. The SMILES string of the molecule is CC[C@@H](C)c1ccc(NC(=O)CCCOc2ccc(Cl)cc2C)cc1. The van der Waals surface area contributed by atoms with Crippen molar-refractivity contribution in [2.24, 2.45) is 0 Å². The molecule has 0 radical (unpaired) electrons. The molecule has 1 atom stereocenters. The van der Waals surface area contributed by atoms with Gasteiger partial charge in [-0.2, -0.15) is 0 Å². The highest BCUT2D eigenvalue weighted by atomic mass is 35.5. The molecular formula is C21H26ClNO2. The second-order valence-corrected chi connectivity index (χ2v) is 6.78. The van der Waals surface area contributed by atoms with Gasteiger partial charge in [0.1, 0.15) is 5.75 Å². The fraction of sp³-hybridized carbons (Fsp3) is 0.381. The molecule has 0 aliphatic carbocycles. The molecule has 2 rings (SSSR count). The third-order valence-electron chi connectivity index (χ3n) is 4.32. The first-order valence-electron chi connectivity index (χ1n) is 8.78.